The van der Waals surface area contributed by atoms with Gasteiger partial charge in [0.2, 0.25) is 5.91 Å². The third-order valence-corrected chi connectivity index (χ3v) is 5.67. The van der Waals surface area contributed by atoms with Crippen LogP contribution in [0.5, 0.6) is 0 Å². The maximum atomic E-state index is 12.5. The van der Waals surface area contributed by atoms with Gasteiger partial charge in [-0.2, -0.15) is 0 Å². The first-order valence-corrected chi connectivity index (χ1v) is 10.3. The number of carbonyl (C=O) groups is 2. The van der Waals surface area contributed by atoms with E-state index in [1.807, 2.05) is 54.6 Å². The molecule has 0 atom stereocenters. The molecule has 1 saturated heterocycles. The number of hydrogen-bond acceptors (Lipinski definition) is 4. The molecule has 29 heavy (non-hydrogen) atoms. The molecule has 0 unspecified atom stereocenters. The minimum absolute atomic E-state index is 0.00627. The summed E-state index contributed by atoms with van der Waals surface area (Å²) in [6, 6.07) is 17.6. The number of rotatable bonds is 9. The lowest BCUT2D eigenvalue weighted by molar-refractivity contribution is -0.122. The average molecular weight is 395 g/mol. The molecule has 1 fully saturated rings. The van der Waals surface area contributed by atoms with E-state index in [1.165, 1.54) is 0 Å². The molecule has 5 heteroatoms. The van der Waals surface area contributed by atoms with Crippen molar-refractivity contribution in [2.45, 2.75) is 25.7 Å². The van der Waals surface area contributed by atoms with Crippen molar-refractivity contribution in [1.82, 2.24) is 10.6 Å². The highest BCUT2D eigenvalue weighted by molar-refractivity contribution is 5.98. The molecule has 0 saturated carbocycles. The smallest absolute Gasteiger partial charge is 0.220 e. The van der Waals surface area contributed by atoms with Crippen LogP contribution >= 0.6 is 0 Å². The standard InChI is InChI=1S/C24H30N2O3/c1-29-18-24(13-15-25-16-14-24)17-26-23(28)12-11-22(27)21-9-7-20(8-10-21)19-5-3-2-4-6-19/h2-10,25H,11-18H2,1H3,(H,26,28). The Morgan fingerprint density at radius 2 is 1.62 bits per heavy atom. The molecule has 3 rings (SSSR count). The second-order valence-electron chi connectivity index (χ2n) is 7.83. The number of ether oxygens (including phenoxy) is 1. The number of piperidine rings is 1. The van der Waals surface area contributed by atoms with Crippen molar-refractivity contribution in [2.75, 3.05) is 33.4 Å². The Balaban J connectivity index is 1.48. The van der Waals surface area contributed by atoms with Crippen LogP contribution in [0, 0.1) is 5.41 Å². The fraction of sp³-hybridized carbons (Fsp3) is 0.417. The van der Waals surface area contributed by atoms with Crippen LogP contribution in [0.1, 0.15) is 36.0 Å². The van der Waals surface area contributed by atoms with Crippen molar-refractivity contribution in [3.05, 3.63) is 60.2 Å². The Labute approximate surface area is 172 Å². The van der Waals surface area contributed by atoms with E-state index in [-0.39, 0.29) is 29.9 Å². The molecule has 2 aromatic rings. The van der Waals surface area contributed by atoms with Crippen LogP contribution in [0.25, 0.3) is 11.1 Å². The molecule has 0 spiro atoms. The van der Waals surface area contributed by atoms with Gasteiger partial charge in [-0.25, -0.2) is 0 Å². The molecule has 2 N–H and O–H groups in total. The molecule has 2 aromatic carbocycles. The molecule has 0 aromatic heterocycles. The van der Waals surface area contributed by atoms with E-state index in [1.54, 1.807) is 7.11 Å². The fourth-order valence-electron chi connectivity index (χ4n) is 3.86. The summed E-state index contributed by atoms with van der Waals surface area (Å²) in [5, 5.41) is 6.36. The number of Topliss-reactive ketones (excluding diaryl/α,β-unsaturated/α-hetero) is 1. The van der Waals surface area contributed by atoms with Crippen molar-refractivity contribution in [2.24, 2.45) is 5.41 Å². The predicted molar refractivity (Wildman–Crippen MR) is 115 cm³/mol. The zero-order chi connectivity index (χ0) is 20.5. The topological polar surface area (TPSA) is 67.4 Å². The van der Waals surface area contributed by atoms with Crippen LogP contribution in [0.15, 0.2) is 54.6 Å². The quantitative estimate of drug-likeness (QED) is 0.640. The normalized spacial score (nSPS) is 15.6. The summed E-state index contributed by atoms with van der Waals surface area (Å²) in [4.78, 5) is 24.7. The first-order chi connectivity index (χ1) is 14.1. The van der Waals surface area contributed by atoms with E-state index in [0.29, 0.717) is 18.7 Å². The van der Waals surface area contributed by atoms with Crippen LogP contribution in [-0.4, -0.2) is 45.0 Å². The van der Waals surface area contributed by atoms with E-state index in [2.05, 4.69) is 10.6 Å². The monoisotopic (exact) mass is 394 g/mol. The molecule has 1 aliphatic rings. The highest BCUT2D eigenvalue weighted by atomic mass is 16.5. The minimum Gasteiger partial charge on any atom is -0.384 e. The van der Waals surface area contributed by atoms with Gasteiger partial charge in [-0.1, -0.05) is 54.6 Å². The summed E-state index contributed by atoms with van der Waals surface area (Å²) < 4.78 is 5.38. The molecule has 1 aliphatic heterocycles. The summed E-state index contributed by atoms with van der Waals surface area (Å²) in [6.07, 6.45) is 2.39. The summed E-state index contributed by atoms with van der Waals surface area (Å²) in [5.41, 5.74) is 2.83. The Morgan fingerprint density at radius 3 is 2.28 bits per heavy atom. The number of nitrogens with one attached hydrogen (secondary N) is 2. The molecule has 0 aliphatic carbocycles. The number of amides is 1. The van der Waals surface area contributed by atoms with Gasteiger partial charge in [-0.15, -0.1) is 0 Å². The first-order valence-electron chi connectivity index (χ1n) is 10.3. The second kappa shape index (κ2) is 10.3. The van der Waals surface area contributed by atoms with Crippen LogP contribution in [0.3, 0.4) is 0 Å². The van der Waals surface area contributed by atoms with Gasteiger partial charge in [0.05, 0.1) is 6.61 Å². The zero-order valence-corrected chi connectivity index (χ0v) is 17.1. The third-order valence-electron chi connectivity index (χ3n) is 5.67. The minimum atomic E-state index is -0.0757. The largest absolute Gasteiger partial charge is 0.384 e. The molecule has 0 radical (unpaired) electrons. The molecule has 1 amide bonds. The lowest BCUT2D eigenvalue weighted by Gasteiger charge is -2.37. The summed E-state index contributed by atoms with van der Waals surface area (Å²) in [6.45, 7) is 3.12. The number of benzene rings is 2. The third kappa shape index (κ3) is 5.99. The lowest BCUT2D eigenvalue weighted by atomic mass is 9.79. The number of methoxy groups -OCH3 is 1. The molecule has 154 valence electrons. The van der Waals surface area contributed by atoms with E-state index >= 15 is 0 Å². The van der Waals surface area contributed by atoms with Crippen molar-refractivity contribution in [3.8, 4) is 11.1 Å². The average Bonchev–Trinajstić information content (AvgIpc) is 2.78. The highest BCUT2D eigenvalue weighted by Crippen LogP contribution is 2.28. The lowest BCUT2D eigenvalue weighted by Crippen LogP contribution is -2.47. The van der Waals surface area contributed by atoms with E-state index < -0.39 is 0 Å². The van der Waals surface area contributed by atoms with Gasteiger partial charge >= 0.3 is 0 Å². The van der Waals surface area contributed by atoms with Crippen LogP contribution in [0.4, 0.5) is 0 Å². The van der Waals surface area contributed by atoms with Gasteiger partial charge in [0, 0.05) is 37.5 Å². The zero-order valence-electron chi connectivity index (χ0n) is 17.1. The Hall–Kier alpha value is -2.50. The van der Waals surface area contributed by atoms with Gasteiger partial charge in [0.25, 0.3) is 0 Å². The number of carbonyl (C=O) groups excluding carboxylic acids is 2. The summed E-state index contributed by atoms with van der Waals surface area (Å²) in [5.74, 6) is -0.0819. The predicted octanol–water partition coefficient (Wildman–Crippen LogP) is 3.45. The van der Waals surface area contributed by atoms with Crippen molar-refractivity contribution in [3.63, 3.8) is 0 Å². The van der Waals surface area contributed by atoms with E-state index in [4.69, 9.17) is 4.74 Å². The van der Waals surface area contributed by atoms with Crippen molar-refractivity contribution < 1.29 is 14.3 Å². The molecule has 1 heterocycles. The molecular formula is C24H30N2O3. The molecule has 0 bridgehead atoms. The van der Waals surface area contributed by atoms with E-state index in [0.717, 1.165) is 37.1 Å². The van der Waals surface area contributed by atoms with Gasteiger partial charge in [-0.05, 0) is 37.1 Å². The number of hydrogen-bond donors (Lipinski definition) is 2. The van der Waals surface area contributed by atoms with Crippen LogP contribution < -0.4 is 10.6 Å². The Morgan fingerprint density at radius 1 is 0.966 bits per heavy atom. The summed E-state index contributed by atoms with van der Waals surface area (Å²) >= 11 is 0. The van der Waals surface area contributed by atoms with Crippen LogP contribution in [-0.2, 0) is 9.53 Å². The Kier molecular flexibility index (Phi) is 7.55. The first kappa shape index (κ1) is 21.2. The maximum Gasteiger partial charge on any atom is 0.220 e. The summed E-state index contributed by atoms with van der Waals surface area (Å²) in [7, 11) is 1.70. The van der Waals surface area contributed by atoms with Gasteiger partial charge < -0.3 is 15.4 Å². The highest BCUT2D eigenvalue weighted by Gasteiger charge is 2.32. The number of ketones is 1. The maximum absolute atomic E-state index is 12.5. The van der Waals surface area contributed by atoms with Gasteiger partial charge in [-0.3, -0.25) is 9.59 Å². The Bertz CT molecular complexity index is 791. The van der Waals surface area contributed by atoms with E-state index in [9.17, 15) is 9.59 Å². The van der Waals surface area contributed by atoms with Crippen molar-refractivity contribution >= 4 is 11.7 Å². The second-order valence-corrected chi connectivity index (χ2v) is 7.83. The SMILES string of the molecule is COCC1(CNC(=O)CCC(=O)c2ccc(-c3ccccc3)cc2)CCNCC1. The fourth-order valence-corrected chi connectivity index (χ4v) is 3.86. The van der Waals surface area contributed by atoms with Gasteiger partial charge in [0.1, 0.15) is 0 Å². The van der Waals surface area contributed by atoms with Crippen molar-refractivity contribution in [1.29, 1.82) is 0 Å². The molecular weight excluding hydrogens is 364 g/mol. The van der Waals surface area contributed by atoms with Crippen LogP contribution in [0.2, 0.25) is 0 Å². The van der Waals surface area contributed by atoms with Gasteiger partial charge in [0.15, 0.2) is 5.78 Å². The molecule has 5 nitrogen and oxygen atoms in total.